The van der Waals surface area contributed by atoms with Gasteiger partial charge in [-0.15, -0.1) is 0 Å². The van der Waals surface area contributed by atoms with Crippen molar-refractivity contribution in [2.75, 3.05) is 17.9 Å². The second kappa shape index (κ2) is 8.52. The number of hydrogen-bond donors (Lipinski definition) is 2. The SMILES string of the molecule is O=C1OCCOc2cc(F)ccc2-c2ccc(F)c(c2)NS(=O)c2cc1cc(Cl)c2O. The minimum Gasteiger partial charge on any atom is -0.505 e. The smallest absolute Gasteiger partial charge is 0.338 e. The number of phenolic OH excluding ortho intramolecular Hbond substituents is 1. The van der Waals surface area contributed by atoms with Gasteiger partial charge in [-0.2, -0.15) is 0 Å². The van der Waals surface area contributed by atoms with Crippen LogP contribution in [0.15, 0.2) is 53.4 Å². The van der Waals surface area contributed by atoms with Gasteiger partial charge in [-0.25, -0.2) is 17.8 Å². The molecule has 10 heteroatoms. The summed E-state index contributed by atoms with van der Waals surface area (Å²) in [5.74, 6) is -2.42. The Hall–Kier alpha value is -3.17. The number of carbonyl (C=O) groups excluding carboxylic acids is 1. The minimum absolute atomic E-state index is 0.0662. The quantitative estimate of drug-likeness (QED) is 0.471. The molecule has 0 fully saturated rings. The number of esters is 1. The Kier molecular flexibility index (Phi) is 5.79. The van der Waals surface area contributed by atoms with Gasteiger partial charge in [0.25, 0.3) is 0 Å². The molecular weight excluding hydrogens is 452 g/mol. The number of nitrogens with one attached hydrogen (secondary N) is 1. The molecule has 31 heavy (non-hydrogen) atoms. The normalized spacial score (nSPS) is 16.1. The first-order chi connectivity index (χ1) is 14.8. The maximum Gasteiger partial charge on any atom is 0.338 e. The highest BCUT2D eigenvalue weighted by Crippen LogP contribution is 2.35. The van der Waals surface area contributed by atoms with Crippen molar-refractivity contribution >= 4 is 34.2 Å². The Morgan fingerprint density at radius 2 is 1.77 bits per heavy atom. The summed E-state index contributed by atoms with van der Waals surface area (Å²) in [5, 5.41) is 9.97. The Bertz CT molecular complexity index is 1220. The van der Waals surface area contributed by atoms with E-state index in [4.69, 9.17) is 21.1 Å². The average Bonchev–Trinajstić information content (AvgIpc) is 2.74. The maximum absolute atomic E-state index is 14.4. The molecule has 0 radical (unpaired) electrons. The van der Waals surface area contributed by atoms with Crippen molar-refractivity contribution in [2.45, 2.75) is 4.90 Å². The third-order valence-electron chi connectivity index (χ3n) is 4.46. The van der Waals surface area contributed by atoms with Crippen LogP contribution in [-0.2, 0) is 15.7 Å². The number of benzene rings is 3. The van der Waals surface area contributed by atoms with Gasteiger partial charge in [0.1, 0.15) is 35.5 Å². The number of fused-ring (bicyclic) bond motifs is 6. The zero-order valence-electron chi connectivity index (χ0n) is 15.7. The van der Waals surface area contributed by atoms with Gasteiger partial charge in [-0.1, -0.05) is 17.7 Å². The fourth-order valence-electron chi connectivity index (χ4n) is 2.98. The van der Waals surface area contributed by atoms with E-state index in [1.165, 1.54) is 24.3 Å². The number of halogens is 3. The molecule has 2 N–H and O–H groups in total. The van der Waals surface area contributed by atoms with Crippen LogP contribution < -0.4 is 9.46 Å². The first kappa shape index (κ1) is 21.1. The zero-order chi connectivity index (χ0) is 22.1. The molecule has 6 nitrogen and oxygen atoms in total. The van der Waals surface area contributed by atoms with E-state index in [0.717, 1.165) is 24.3 Å². The number of ether oxygens (including phenoxy) is 2. The Balaban J connectivity index is 1.85. The van der Waals surface area contributed by atoms with Gasteiger partial charge in [-0.3, -0.25) is 4.72 Å². The molecular formula is C21H14ClF2NO5S. The Morgan fingerprint density at radius 3 is 2.58 bits per heavy atom. The molecule has 0 aromatic heterocycles. The fourth-order valence-corrected chi connectivity index (χ4v) is 4.24. The Labute approximate surface area is 183 Å². The van der Waals surface area contributed by atoms with Crippen LogP contribution in [0.3, 0.4) is 0 Å². The van der Waals surface area contributed by atoms with Crippen molar-refractivity contribution in [3.8, 4) is 22.6 Å². The van der Waals surface area contributed by atoms with E-state index in [9.17, 15) is 22.9 Å². The van der Waals surface area contributed by atoms with E-state index in [-0.39, 0.29) is 40.1 Å². The predicted molar refractivity (Wildman–Crippen MR) is 111 cm³/mol. The number of phenols is 1. The van der Waals surface area contributed by atoms with Gasteiger partial charge in [0, 0.05) is 11.6 Å². The van der Waals surface area contributed by atoms with Crippen LogP contribution in [0.25, 0.3) is 11.1 Å². The van der Waals surface area contributed by atoms with E-state index < -0.39 is 34.3 Å². The molecule has 160 valence electrons. The van der Waals surface area contributed by atoms with Crippen molar-refractivity contribution < 1.29 is 32.4 Å². The molecule has 1 unspecified atom stereocenters. The first-order valence-electron chi connectivity index (χ1n) is 8.94. The number of carbonyl (C=O) groups is 1. The predicted octanol–water partition coefficient (Wildman–Crippen LogP) is 4.67. The molecule has 1 aliphatic rings. The second-order valence-corrected chi connectivity index (χ2v) is 8.08. The molecule has 4 rings (SSSR count). The molecule has 3 aromatic carbocycles. The van der Waals surface area contributed by atoms with Crippen molar-refractivity contribution in [3.63, 3.8) is 0 Å². The molecule has 0 saturated carbocycles. The monoisotopic (exact) mass is 465 g/mol. The molecule has 0 amide bonds. The van der Waals surface area contributed by atoms with Crippen LogP contribution in [0.5, 0.6) is 11.5 Å². The highest BCUT2D eigenvalue weighted by molar-refractivity contribution is 7.86. The molecule has 0 aliphatic carbocycles. The van der Waals surface area contributed by atoms with E-state index in [2.05, 4.69) is 4.72 Å². The fraction of sp³-hybridized carbons (Fsp3) is 0.0952. The first-order valence-corrected chi connectivity index (χ1v) is 10.5. The van der Waals surface area contributed by atoms with Gasteiger partial charge in [0.15, 0.2) is 16.7 Å². The van der Waals surface area contributed by atoms with Crippen molar-refractivity contribution in [1.29, 1.82) is 0 Å². The summed E-state index contributed by atoms with van der Waals surface area (Å²) in [6, 6.07) is 10.1. The van der Waals surface area contributed by atoms with Crippen LogP contribution in [0.2, 0.25) is 5.02 Å². The molecule has 1 atom stereocenters. The van der Waals surface area contributed by atoms with Gasteiger partial charge < -0.3 is 14.6 Å². The van der Waals surface area contributed by atoms with Crippen LogP contribution in [0.1, 0.15) is 10.4 Å². The number of rotatable bonds is 0. The van der Waals surface area contributed by atoms with E-state index in [1.807, 2.05) is 0 Å². The topological polar surface area (TPSA) is 84.9 Å². The van der Waals surface area contributed by atoms with Crippen LogP contribution in [0, 0.1) is 11.6 Å². The summed E-state index contributed by atoms with van der Waals surface area (Å²) in [5.41, 5.74) is 0.689. The van der Waals surface area contributed by atoms with Gasteiger partial charge >= 0.3 is 5.97 Å². The number of anilines is 1. The molecule has 1 heterocycles. The lowest BCUT2D eigenvalue weighted by Crippen LogP contribution is -2.13. The number of hydrogen-bond acceptors (Lipinski definition) is 5. The second-order valence-electron chi connectivity index (χ2n) is 6.50. The third kappa shape index (κ3) is 4.33. The van der Waals surface area contributed by atoms with E-state index >= 15 is 0 Å². The summed E-state index contributed by atoms with van der Waals surface area (Å²) < 4.78 is 54.2. The van der Waals surface area contributed by atoms with Crippen LogP contribution in [-0.4, -0.2) is 28.5 Å². The summed E-state index contributed by atoms with van der Waals surface area (Å²) in [4.78, 5) is 12.1. The average molecular weight is 466 g/mol. The van der Waals surface area contributed by atoms with Crippen LogP contribution in [0.4, 0.5) is 14.5 Å². The van der Waals surface area contributed by atoms with Crippen molar-refractivity contribution in [2.24, 2.45) is 0 Å². The maximum atomic E-state index is 14.4. The standard InChI is InChI=1S/C21H14ClF2NO5S/c22-15-7-12-9-19(20(15)26)31(28)25-17-8-11(1-4-16(17)24)14-3-2-13(23)10-18(14)29-5-6-30-21(12)27/h1-4,7-10,25-26H,5-6H2. The van der Waals surface area contributed by atoms with Gasteiger partial charge in [-0.05, 0) is 42.0 Å². The van der Waals surface area contributed by atoms with Gasteiger partial charge in [0.2, 0.25) is 0 Å². The molecule has 3 aromatic rings. The number of aromatic hydroxyl groups is 1. The highest BCUT2D eigenvalue weighted by atomic mass is 35.5. The molecule has 4 bridgehead atoms. The summed E-state index contributed by atoms with van der Waals surface area (Å²) in [6.07, 6.45) is 0. The minimum atomic E-state index is -2.18. The number of cyclic esters (lactones) is 1. The Morgan fingerprint density at radius 1 is 1.00 bits per heavy atom. The summed E-state index contributed by atoms with van der Waals surface area (Å²) >= 11 is 5.96. The largest absolute Gasteiger partial charge is 0.505 e. The summed E-state index contributed by atoms with van der Waals surface area (Å²) in [7, 11) is -2.18. The molecule has 1 aliphatic heterocycles. The molecule has 0 spiro atoms. The zero-order valence-corrected chi connectivity index (χ0v) is 17.2. The van der Waals surface area contributed by atoms with Crippen molar-refractivity contribution in [1.82, 2.24) is 0 Å². The lowest BCUT2D eigenvalue weighted by molar-refractivity contribution is 0.0450. The third-order valence-corrected chi connectivity index (χ3v) is 5.87. The lowest BCUT2D eigenvalue weighted by atomic mass is 10.0. The van der Waals surface area contributed by atoms with Gasteiger partial charge in [0.05, 0.1) is 16.3 Å². The highest BCUT2D eigenvalue weighted by Gasteiger charge is 2.21. The van der Waals surface area contributed by atoms with E-state index in [1.54, 1.807) is 0 Å². The lowest BCUT2D eigenvalue weighted by Gasteiger charge is -2.13. The molecule has 0 saturated heterocycles. The summed E-state index contributed by atoms with van der Waals surface area (Å²) in [6.45, 7) is -0.252. The van der Waals surface area contributed by atoms with E-state index in [0.29, 0.717) is 11.1 Å². The van der Waals surface area contributed by atoms with Crippen LogP contribution >= 0.6 is 11.6 Å². The van der Waals surface area contributed by atoms with Crippen molar-refractivity contribution in [3.05, 3.63) is 70.8 Å².